The van der Waals surface area contributed by atoms with Crippen molar-refractivity contribution in [1.82, 2.24) is 14.5 Å². The van der Waals surface area contributed by atoms with Crippen molar-refractivity contribution in [2.24, 2.45) is 0 Å². The van der Waals surface area contributed by atoms with E-state index in [9.17, 15) is 9.59 Å². The summed E-state index contributed by atoms with van der Waals surface area (Å²) in [5.41, 5.74) is 4.64. The summed E-state index contributed by atoms with van der Waals surface area (Å²) in [5, 5.41) is 0.940. The van der Waals surface area contributed by atoms with Crippen LogP contribution in [0.25, 0.3) is 21.9 Å². The number of benzene rings is 2. The largest absolute Gasteiger partial charge is 0.311 e. The second-order valence-corrected chi connectivity index (χ2v) is 7.66. The fourth-order valence-electron chi connectivity index (χ4n) is 3.82. The van der Waals surface area contributed by atoms with Crippen molar-refractivity contribution in [1.29, 1.82) is 0 Å². The van der Waals surface area contributed by atoms with E-state index in [1.165, 1.54) is 0 Å². The zero-order valence-corrected chi connectivity index (χ0v) is 17.6. The first-order valence-corrected chi connectivity index (χ1v) is 10.1. The molecule has 0 bridgehead atoms. The second kappa shape index (κ2) is 7.71. The summed E-state index contributed by atoms with van der Waals surface area (Å²) in [7, 11) is 1.75. The molecule has 152 valence electrons. The fraction of sp³-hybridized carbons (Fsp3) is 0.250. The first-order chi connectivity index (χ1) is 14.4. The molecule has 6 nitrogen and oxygen atoms in total. The Hall–Kier alpha value is -3.54. The minimum atomic E-state index is -0.121. The zero-order valence-electron chi connectivity index (χ0n) is 17.6. The van der Waals surface area contributed by atoms with Crippen LogP contribution in [0.2, 0.25) is 0 Å². The highest BCUT2D eigenvalue weighted by molar-refractivity contribution is 6.08. The molecule has 0 N–H and O–H groups in total. The zero-order chi connectivity index (χ0) is 21.4. The molecular formula is C24H24N4O2. The van der Waals surface area contributed by atoms with Crippen molar-refractivity contribution in [3.63, 3.8) is 0 Å². The molecule has 6 heteroatoms. The molecule has 0 radical (unpaired) electrons. The van der Waals surface area contributed by atoms with E-state index < -0.39 is 0 Å². The van der Waals surface area contributed by atoms with E-state index in [0.29, 0.717) is 12.1 Å². The highest BCUT2D eigenvalue weighted by Gasteiger charge is 2.17. The van der Waals surface area contributed by atoms with Gasteiger partial charge in [-0.25, -0.2) is 0 Å². The maximum absolute atomic E-state index is 13.2. The normalized spacial score (nSPS) is 11.4. The number of anilines is 1. The maximum Gasteiger partial charge on any atom is 0.258 e. The molecule has 30 heavy (non-hydrogen) atoms. The summed E-state index contributed by atoms with van der Waals surface area (Å²) in [5.74, 6) is 0.0537. The van der Waals surface area contributed by atoms with E-state index in [4.69, 9.17) is 0 Å². The van der Waals surface area contributed by atoms with Crippen LogP contribution in [0.4, 0.5) is 5.69 Å². The quantitative estimate of drug-likeness (QED) is 0.510. The fourth-order valence-corrected chi connectivity index (χ4v) is 3.82. The Kier molecular flexibility index (Phi) is 5.08. The number of hydrogen-bond donors (Lipinski definition) is 0. The van der Waals surface area contributed by atoms with Gasteiger partial charge in [0.15, 0.2) is 0 Å². The molecule has 4 aromatic rings. The van der Waals surface area contributed by atoms with Crippen molar-refractivity contribution >= 4 is 33.5 Å². The third-order valence-corrected chi connectivity index (χ3v) is 5.47. The van der Waals surface area contributed by atoms with E-state index in [-0.39, 0.29) is 17.4 Å². The van der Waals surface area contributed by atoms with E-state index in [1.54, 1.807) is 41.0 Å². The topological polar surface area (TPSA) is 68.1 Å². The van der Waals surface area contributed by atoms with Gasteiger partial charge < -0.3 is 9.47 Å². The Bertz CT molecular complexity index is 1320. The predicted molar refractivity (Wildman–Crippen MR) is 120 cm³/mol. The van der Waals surface area contributed by atoms with Gasteiger partial charge in [-0.15, -0.1) is 0 Å². The molecule has 4 rings (SSSR count). The number of pyridine rings is 1. The molecule has 0 fully saturated rings. The van der Waals surface area contributed by atoms with E-state index in [2.05, 4.69) is 23.8 Å². The highest BCUT2D eigenvalue weighted by atomic mass is 16.2. The van der Waals surface area contributed by atoms with Crippen LogP contribution in [0, 0.1) is 0 Å². The summed E-state index contributed by atoms with van der Waals surface area (Å²) in [6, 6.07) is 12.8. The molecule has 2 aromatic carbocycles. The summed E-state index contributed by atoms with van der Waals surface area (Å²) < 4.78 is 1.74. The molecule has 0 unspecified atom stereocenters. The number of carbonyl (C=O) groups excluding carboxylic acids is 1. The lowest BCUT2D eigenvalue weighted by molar-refractivity contribution is 0.0993. The van der Waals surface area contributed by atoms with Crippen molar-refractivity contribution in [3.05, 3.63) is 76.3 Å². The molecule has 2 heterocycles. The maximum atomic E-state index is 13.2. The molecule has 1 amide bonds. The molecule has 0 atom stereocenters. The Morgan fingerprint density at radius 1 is 1.03 bits per heavy atom. The first-order valence-electron chi connectivity index (χ1n) is 10.1. The van der Waals surface area contributed by atoms with Crippen LogP contribution in [0.1, 0.15) is 42.6 Å². The van der Waals surface area contributed by atoms with Gasteiger partial charge >= 0.3 is 0 Å². The van der Waals surface area contributed by atoms with Crippen LogP contribution >= 0.6 is 0 Å². The van der Waals surface area contributed by atoms with Gasteiger partial charge in [-0.2, -0.15) is 0 Å². The SMILES string of the molecule is CCn1c(=O)cc(C(C)C)c2cc(C(=O)N(C)c3ccc4nccnc4c3)ccc21. The number of hydrogen-bond acceptors (Lipinski definition) is 4. The Balaban J connectivity index is 1.79. The van der Waals surface area contributed by atoms with Crippen LogP contribution in [0.5, 0.6) is 0 Å². The molecule has 0 saturated carbocycles. The highest BCUT2D eigenvalue weighted by Crippen LogP contribution is 2.26. The van der Waals surface area contributed by atoms with Crippen molar-refractivity contribution < 1.29 is 4.79 Å². The van der Waals surface area contributed by atoms with Gasteiger partial charge in [-0.3, -0.25) is 19.6 Å². The molecule has 0 spiro atoms. The van der Waals surface area contributed by atoms with Crippen LogP contribution in [-0.2, 0) is 6.54 Å². The number of aryl methyl sites for hydroxylation is 1. The van der Waals surface area contributed by atoms with Gasteiger partial charge in [-0.1, -0.05) is 13.8 Å². The minimum absolute atomic E-state index is 0.0119. The first kappa shape index (κ1) is 19.8. The van der Waals surface area contributed by atoms with Gasteiger partial charge in [-0.05, 0) is 54.8 Å². The number of carbonyl (C=O) groups is 1. The molecule has 0 aliphatic carbocycles. The van der Waals surface area contributed by atoms with Crippen molar-refractivity contribution in [3.8, 4) is 0 Å². The lowest BCUT2D eigenvalue weighted by Gasteiger charge is -2.19. The Morgan fingerprint density at radius 3 is 2.47 bits per heavy atom. The molecule has 0 aliphatic heterocycles. The van der Waals surface area contributed by atoms with Gasteiger partial charge in [0, 0.05) is 48.7 Å². The van der Waals surface area contributed by atoms with E-state index in [1.807, 2.05) is 37.3 Å². The van der Waals surface area contributed by atoms with Crippen LogP contribution in [0.15, 0.2) is 59.7 Å². The number of amides is 1. The Labute approximate surface area is 174 Å². The summed E-state index contributed by atoms with van der Waals surface area (Å²) in [4.78, 5) is 35.9. The smallest absolute Gasteiger partial charge is 0.258 e. The van der Waals surface area contributed by atoms with Crippen LogP contribution < -0.4 is 10.5 Å². The van der Waals surface area contributed by atoms with Crippen LogP contribution in [-0.4, -0.2) is 27.5 Å². The molecule has 0 saturated heterocycles. The standard InChI is InChI=1S/C24H24N4O2/c1-5-28-22-9-6-16(12-19(22)18(15(2)3)14-23(28)29)24(30)27(4)17-7-8-20-21(13-17)26-11-10-25-20/h6-15H,5H2,1-4H3. The average molecular weight is 400 g/mol. The van der Waals surface area contributed by atoms with Gasteiger partial charge in [0.2, 0.25) is 0 Å². The third-order valence-electron chi connectivity index (χ3n) is 5.47. The number of nitrogens with zero attached hydrogens (tertiary/aromatic N) is 4. The van der Waals surface area contributed by atoms with Crippen molar-refractivity contribution in [2.75, 3.05) is 11.9 Å². The van der Waals surface area contributed by atoms with Crippen molar-refractivity contribution in [2.45, 2.75) is 33.2 Å². The van der Waals surface area contributed by atoms with E-state index in [0.717, 1.165) is 33.2 Å². The van der Waals surface area contributed by atoms with Gasteiger partial charge in [0.25, 0.3) is 11.5 Å². The third kappa shape index (κ3) is 3.34. The summed E-state index contributed by atoms with van der Waals surface area (Å²) >= 11 is 0. The number of aromatic nitrogens is 3. The predicted octanol–water partition coefficient (Wildman–Crippen LogP) is 4.36. The minimum Gasteiger partial charge on any atom is -0.311 e. The number of rotatable bonds is 4. The van der Waals surface area contributed by atoms with Gasteiger partial charge in [0.1, 0.15) is 0 Å². The summed E-state index contributed by atoms with van der Waals surface area (Å²) in [6.45, 7) is 6.65. The monoisotopic (exact) mass is 400 g/mol. The van der Waals surface area contributed by atoms with E-state index >= 15 is 0 Å². The lowest BCUT2D eigenvalue weighted by Crippen LogP contribution is -2.26. The second-order valence-electron chi connectivity index (χ2n) is 7.66. The van der Waals surface area contributed by atoms with Crippen LogP contribution in [0.3, 0.4) is 0 Å². The lowest BCUT2D eigenvalue weighted by atomic mass is 9.97. The Morgan fingerprint density at radius 2 is 1.77 bits per heavy atom. The number of fused-ring (bicyclic) bond motifs is 2. The summed E-state index contributed by atoms with van der Waals surface area (Å²) in [6.07, 6.45) is 3.28. The molecule has 0 aliphatic rings. The van der Waals surface area contributed by atoms with Gasteiger partial charge in [0.05, 0.1) is 16.6 Å². The average Bonchev–Trinajstić information content (AvgIpc) is 2.76. The molecular weight excluding hydrogens is 376 g/mol. The molecule has 2 aromatic heterocycles.